The van der Waals surface area contributed by atoms with Gasteiger partial charge < -0.3 is 5.73 Å². The quantitative estimate of drug-likeness (QED) is 0.578. The predicted octanol–water partition coefficient (Wildman–Crippen LogP) is 2.03. The van der Waals surface area contributed by atoms with Gasteiger partial charge in [-0.05, 0) is 43.0 Å². The van der Waals surface area contributed by atoms with Gasteiger partial charge in [-0.1, -0.05) is 24.3 Å². The highest BCUT2D eigenvalue weighted by Crippen LogP contribution is 2.22. The van der Waals surface area contributed by atoms with Crippen LogP contribution in [0.4, 0.5) is 5.82 Å². The third kappa shape index (κ3) is 3.10. The fourth-order valence-corrected chi connectivity index (χ4v) is 2.15. The molecule has 0 aliphatic heterocycles. The molecule has 0 saturated heterocycles. The summed E-state index contributed by atoms with van der Waals surface area (Å²) in [6, 6.07) is 10.2. The van der Waals surface area contributed by atoms with Gasteiger partial charge in [0.25, 0.3) is 0 Å². The van der Waals surface area contributed by atoms with Crippen molar-refractivity contribution in [2.75, 3.05) is 5.73 Å². The summed E-state index contributed by atoms with van der Waals surface area (Å²) in [5.74, 6) is 6.18. The van der Waals surface area contributed by atoms with Crippen molar-refractivity contribution in [3.8, 4) is 0 Å². The van der Waals surface area contributed by atoms with Gasteiger partial charge in [-0.3, -0.25) is 11.3 Å². The molecule has 0 amide bonds. The first-order chi connectivity index (χ1) is 9.11. The van der Waals surface area contributed by atoms with Gasteiger partial charge in [-0.25, -0.2) is 4.98 Å². The number of rotatable bonds is 4. The predicted molar refractivity (Wildman–Crippen MR) is 78.3 cm³/mol. The Morgan fingerprint density at radius 1 is 1.21 bits per heavy atom. The lowest BCUT2D eigenvalue weighted by atomic mass is 9.97. The first-order valence-corrected chi connectivity index (χ1v) is 6.34. The third-order valence-electron chi connectivity index (χ3n) is 3.46. The fourth-order valence-electron chi connectivity index (χ4n) is 2.15. The van der Waals surface area contributed by atoms with Gasteiger partial charge >= 0.3 is 0 Å². The Labute approximate surface area is 113 Å². The molecule has 1 aromatic carbocycles. The Morgan fingerprint density at radius 2 is 2.00 bits per heavy atom. The molecule has 1 heterocycles. The molecule has 19 heavy (non-hydrogen) atoms. The van der Waals surface area contributed by atoms with Crippen molar-refractivity contribution in [2.45, 2.75) is 26.3 Å². The molecule has 0 saturated carbocycles. The van der Waals surface area contributed by atoms with E-state index >= 15 is 0 Å². The van der Waals surface area contributed by atoms with Gasteiger partial charge in [0, 0.05) is 11.8 Å². The van der Waals surface area contributed by atoms with E-state index in [-0.39, 0.29) is 6.04 Å². The maximum atomic E-state index is 5.90. The number of hydrogen-bond donors (Lipinski definition) is 3. The zero-order valence-corrected chi connectivity index (χ0v) is 11.4. The molecule has 0 radical (unpaired) electrons. The first kappa shape index (κ1) is 13.5. The number of nitrogens with one attached hydrogen (secondary N) is 1. The molecule has 4 heteroatoms. The zero-order chi connectivity index (χ0) is 13.8. The number of hydrazine groups is 1. The van der Waals surface area contributed by atoms with E-state index in [4.69, 9.17) is 11.6 Å². The number of pyridine rings is 1. The van der Waals surface area contributed by atoms with Crippen molar-refractivity contribution < 1.29 is 0 Å². The summed E-state index contributed by atoms with van der Waals surface area (Å²) in [5.41, 5.74) is 13.5. The van der Waals surface area contributed by atoms with Crippen molar-refractivity contribution in [1.29, 1.82) is 0 Å². The highest BCUT2D eigenvalue weighted by atomic mass is 15.2. The second kappa shape index (κ2) is 5.82. The highest BCUT2D eigenvalue weighted by Gasteiger charge is 2.14. The molecule has 100 valence electrons. The van der Waals surface area contributed by atoms with Gasteiger partial charge in [0.15, 0.2) is 0 Å². The van der Waals surface area contributed by atoms with Crippen LogP contribution >= 0.6 is 0 Å². The van der Waals surface area contributed by atoms with E-state index in [2.05, 4.69) is 42.5 Å². The first-order valence-electron chi connectivity index (χ1n) is 6.34. The summed E-state index contributed by atoms with van der Waals surface area (Å²) in [6.07, 6.45) is 2.47. The van der Waals surface area contributed by atoms with Crippen LogP contribution in [0.2, 0.25) is 0 Å². The summed E-state index contributed by atoms with van der Waals surface area (Å²) in [6.45, 7) is 4.22. The number of benzene rings is 1. The Hall–Kier alpha value is -1.91. The Bertz CT molecular complexity index is 566. The number of aryl methyl sites for hydroxylation is 2. The van der Waals surface area contributed by atoms with Crippen molar-refractivity contribution in [3.05, 3.63) is 58.8 Å². The molecule has 2 aromatic rings. The van der Waals surface area contributed by atoms with Crippen LogP contribution in [-0.4, -0.2) is 4.98 Å². The number of nitrogens with zero attached hydrogens (tertiary/aromatic N) is 1. The standard InChI is InChI=1S/C15H20N4/c1-10-5-6-12(8-11(10)2)9-14(19-17)13-4-3-7-18-15(13)16/h3-8,14,19H,9,17H2,1-2H3,(H2,16,18). The number of nitrogens with two attached hydrogens (primary N) is 2. The maximum absolute atomic E-state index is 5.90. The van der Waals surface area contributed by atoms with Crippen molar-refractivity contribution in [3.63, 3.8) is 0 Å². The van der Waals surface area contributed by atoms with Crippen LogP contribution in [0, 0.1) is 13.8 Å². The van der Waals surface area contributed by atoms with Crippen LogP contribution in [0.15, 0.2) is 36.5 Å². The van der Waals surface area contributed by atoms with Crippen LogP contribution in [-0.2, 0) is 6.42 Å². The highest BCUT2D eigenvalue weighted by molar-refractivity contribution is 5.42. The molecule has 1 atom stereocenters. The van der Waals surface area contributed by atoms with Crippen LogP contribution in [0.3, 0.4) is 0 Å². The molecule has 0 aliphatic rings. The lowest BCUT2D eigenvalue weighted by molar-refractivity contribution is 0.552. The molecule has 0 fully saturated rings. The fraction of sp³-hybridized carbons (Fsp3) is 0.267. The minimum absolute atomic E-state index is 0.0317. The van der Waals surface area contributed by atoms with Gasteiger partial charge in [0.2, 0.25) is 0 Å². The van der Waals surface area contributed by atoms with Crippen LogP contribution in [0.5, 0.6) is 0 Å². The van der Waals surface area contributed by atoms with Crippen LogP contribution < -0.4 is 17.0 Å². The summed E-state index contributed by atoms with van der Waals surface area (Å²) in [5, 5.41) is 0. The van der Waals surface area contributed by atoms with Crippen molar-refractivity contribution >= 4 is 5.82 Å². The maximum Gasteiger partial charge on any atom is 0.128 e. The molecule has 0 spiro atoms. The number of anilines is 1. The largest absolute Gasteiger partial charge is 0.383 e. The van der Waals surface area contributed by atoms with Gasteiger partial charge in [-0.15, -0.1) is 0 Å². The number of nitrogen functional groups attached to an aromatic ring is 1. The molecule has 0 bridgehead atoms. The lowest BCUT2D eigenvalue weighted by Crippen LogP contribution is -2.30. The molecular weight excluding hydrogens is 236 g/mol. The monoisotopic (exact) mass is 256 g/mol. The van der Waals surface area contributed by atoms with E-state index < -0.39 is 0 Å². The number of hydrogen-bond acceptors (Lipinski definition) is 4. The Balaban J connectivity index is 2.24. The SMILES string of the molecule is Cc1ccc(CC(NN)c2cccnc2N)cc1C. The van der Waals surface area contributed by atoms with E-state index in [1.165, 1.54) is 16.7 Å². The minimum Gasteiger partial charge on any atom is -0.383 e. The van der Waals surface area contributed by atoms with E-state index in [0.29, 0.717) is 5.82 Å². The van der Waals surface area contributed by atoms with Crippen LogP contribution in [0.25, 0.3) is 0 Å². The summed E-state index contributed by atoms with van der Waals surface area (Å²) in [7, 11) is 0. The average molecular weight is 256 g/mol. The van der Waals surface area contributed by atoms with Gasteiger partial charge in [0.05, 0.1) is 6.04 Å². The second-order valence-corrected chi connectivity index (χ2v) is 4.82. The molecular formula is C15H20N4. The van der Waals surface area contributed by atoms with Crippen molar-refractivity contribution in [1.82, 2.24) is 10.4 Å². The third-order valence-corrected chi connectivity index (χ3v) is 3.46. The van der Waals surface area contributed by atoms with E-state index in [0.717, 1.165) is 12.0 Å². The normalized spacial score (nSPS) is 12.4. The summed E-state index contributed by atoms with van der Waals surface area (Å²) in [4.78, 5) is 4.10. The summed E-state index contributed by atoms with van der Waals surface area (Å²) >= 11 is 0. The molecule has 5 N–H and O–H groups in total. The molecule has 1 unspecified atom stereocenters. The van der Waals surface area contributed by atoms with Gasteiger partial charge in [-0.2, -0.15) is 0 Å². The van der Waals surface area contributed by atoms with E-state index in [9.17, 15) is 0 Å². The average Bonchev–Trinajstić information content (AvgIpc) is 2.41. The number of aromatic nitrogens is 1. The van der Waals surface area contributed by atoms with Crippen molar-refractivity contribution in [2.24, 2.45) is 5.84 Å². The van der Waals surface area contributed by atoms with E-state index in [1.807, 2.05) is 12.1 Å². The van der Waals surface area contributed by atoms with Crippen LogP contribution in [0.1, 0.15) is 28.3 Å². The molecule has 4 nitrogen and oxygen atoms in total. The Morgan fingerprint density at radius 3 is 2.63 bits per heavy atom. The molecule has 0 aliphatic carbocycles. The molecule has 1 aromatic heterocycles. The molecule has 2 rings (SSSR count). The Kier molecular flexibility index (Phi) is 4.14. The smallest absolute Gasteiger partial charge is 0.128 e. The second-order valence-electron chi connectivity index (χ2n) is 4.82. The minimum atomic E-state index is -0.0317. The van der Waals surface area contributed by atoms with E-state index in [1.54, 1.807) is 6.20 Å². The zero-order valence-electron chi connectivity index (χ0n) is 11.4. The lowest BCUT2D eigenvalue weighted by Gasteiger charge is -2.18. The van der Waals surface area contributed by atoms with Gasteiger partial charge in [0.1, 0.15) is 5.82 Å². The summed E-state index contributed by atoms with van der Waals surface area (Å²) < 4.78 is 0. The topological polar surface area (TPSA) is 77.0 Å².